The summed E-state index contributed by atoms with van der Waals surface area (Å²) in [6.45, 7) is 6.53. The van der Waals surface area contributed by atoms with Crippen molar-refractivity contribution in [1.82, 2.24) is 14.9 Å². The molecule has 1 aromatic heterocycles. The molecule has 6 nitrogen and oxygen atoms in total. The number of para-hydroxylation sites is 2. The van der Waals surface area contributed by atoms with Crippen LogP contribution in [0.5, 0.6) is 0 Å². The maximum Gasteiger partial charge on any atom is 0.316 e. The summed E-state index contributed by atoms with van der Waals surface area (Å²) in [6, 6.07) is 7.10. The lowest BCUT2D eigenvalue weighted by molar-refractivity contribution is -0.122. The Kier molecular flexibility index (Phi) is 4.49. The van der Waals surface area contributed by atoms with Crippen molar-refractivity contribution in [3.63, 3.8) is 0 Å². The molecule has 1 aromatic carbocycles. The van der Waals surface area contributed by atoms with Gasteiger partial charge in [0.25, 0.3) is 0 Å². The van der Waals surface area contributed by atoms with Gasteiger partial charge in [0, 0.05) is 19.5 Å². The molecule has 0 saturated carbocycles. The van der Waals surface area contributed by atoms with Crippen molar-refractivity contribution in [3.05, 3.63) is 45.0 Å². The Morgan fingerprint density at radius 2 is 1.91 bits per heavy atom. The van der Waals surface area contributed by atoms with Crippen molar-refractivity contribution in [2.75, 3.05) is 6.54 Å². The number of carbonyl (C=O) groups excluding carboxylic acids is 1. The molecule has 2 rings (SSSR count). The van der Waals surface area contributed by atoms with Gasteiger partial charge < -0.3 is 14.9 Å². The van der Waals surface area contributed by atoms with Crippen molar-refractivity contribution in [2.45, 2.75) is 33.7 Å². The molecular weight excluding hydrogens is 282 g/mol. The lowest BCUT2D eigenvalue weighted by Crippen LogP contribution is -2.39. The maximum absolute atomic E-state index is 12.0. The summed E-state index contributed by atoms with van der Waals surface area (Å²) in [7, 11) is 0. The number of aromatic nitrogens is 2. The van der Waals surface area contributed by atoms with E-state index >= 15 is 0 Å². The highest BCUT2D eigenvalue weighted by Gasteiger charge is 2.15. The van der Waals surface area contributed by atoms with Gasteiger partial charge in [0.05, 0.1) is 11.0 Å². The third-order valence-corrected chi connectivity index (χ3v) is 3.23. The Labute approximate surface area is 128 Å². The van der Waals surface area contributed by atoms with E-state index in [0.29, 0.717) is 24.0 Å². The van der Waals surface area contributed by atoms with E-state index in [1.807, 2.05) is 20.8 Å². The molecule has 0 unspecified atom stereocenters. The number of amides is 1. The quantitative estimate of drug-likeness (QED) is 0.834. The normalized spacial score (nSPS) is 11.6. The van der Waals surface area contributed by atoms with Crippen LogP contribution in [-0.4, -0.2) is 22.0 Å². The summed E-state index contributed by atoms with van der Waals surface area (Å²) < 4.78 is 1.39. The highest BCUT2D eigenvalue weighted by atomic mass is 16.2. The minimum Gasteiger partial charge on any atom is -0.354 e. The molecule has 0 saturated heterocycles. The van der Waals surface area contributed by atoms with E-state index in [1.54, 1.807) is 24.3 Å². The fourth-order valence-corrected chi connectivity index (χ4v) is 2.30. The summed E-state index contributed by atoms with van der Waals surface area (Å²) in [4.78, 5) is 38.0. The number of fused-ring (bicyclic) bond motifs is 1. The van der Waals surface area contributed by atoms with Crippen LogP contribution in [0.2, 0.25) is 0 Å². The van der Waals surface area contributed by atoms with Crippen LogP contribution < -0.4 is 16.4 Å². The molecular formula is C16H21N3O3. The van der Waals surface area contributed by atoms with Gasteiger partial charge in [0.1, 0.15) is 0 Å². The summed E-state index contributed by atoms with van der Waals surface area (Å²) >= 11 is 0. The molecule has 0 aliphatic heterocycles. The summed E-state index contributed by atoms with van der Waals surface area (Å²) in [5.74, 6) is -0.0605. The molecule has 2 N–H and O–H groups in total. The predicted molar refractivity (Wildman–Crippen MR) is 85.9 cm³/mol. The number of rotatable bonds is 4. The molecule has 0 aliphatic rings. The van der Waals surface area contributed by atoms with Crippen LogP contribution in [-0.2, 0) is 11.3 Å². The van der Waals surface area contributed by atoms with E-state index in [2.05, 4.69) is 10.3 Å². The predicted octanol–water partition coefficient (Wildman–Crippen LogP) is 1.24. The van der Waals surface area contributed by atoms with Gasteiger partial charge in [-0.25, -0.2) is 0 Å². The van der Waals surface area contributed by atoms with Crippen LogP contribution in [0.3, 0.4) is 0 Å². The smallest absolute Gasteiger partial charge is 0.316 e. The van der Waals surface area contributed by atoms with Crippen molar-refractivity contribution in [1.29, 1.82) is 0 Å². The van der Waals surface area contributed by atoms with E-state index in [1.165, 1.54) is 4.57 Å². The fourth-order valence-electron chi connectivity index (χ4n) is 2.30. The Balaban J connectivity index is 2.15. The molecule has 0 bridgehead atoms. The molecule has 22 heavy (non-hydrogen) atoms. The van der Waals surface area contributed by atoms with E-state index in [0.717, 1.165) is 0 Å². The minimum atomic E-state index is -0.653. The first-order valence-electron chi connectivity index (χ1n) is 7.26. The number of nitrogens with one attached hydrogen (secondary N) is 2. The van der Waals surface area contributed by atoms with Gasteiger partial charge in [-0.3, -0.25) is 14.4 Å². The van der Waals surface area contributed by atoms with E-state index in [4.69, 9.17) is 0 Å². The lowest BCUT2D eigenvalue weighted by Gasteiger charge is -2.17. The second-order valence-corrected chi connectivity index (χ2v) is 6.52. The number of hydrogen-bond acceptors (Lipinski definition) is 3. The number of nitrogens with zero attached hydrogens (tertiary/aromatic N) is 1. The van der Waals surface area contributed by atoms with Crippen LogP contribution in [0.4, 0.5) is 0 Å². The number of H-pyrrole nitrogens is 1. The van der Waals surface area contributed by atoms with E-state index in [9.17, 15) is 14.4 Å². The molecule has 1 heterocycles. The maximum atomic E-state index is 12.0. The number of benzene rings is 1. The third-order valence-electron chi connectivity index (χ3n) is 3.23. The Bertz CT molecular complexity index is 797. The number of aromatic amines is 1. The summed E-state index contributed by atoms with van der Waals surface area (Å²) in [5.41, 5.74) is -0.0916. The first kappa shape index (κ1) is 16.0. The van der Waals surface area contributed by atoms with Gasteiger partial charge in [-0.2, -0.15) is 0 Å². The van der Waals surface area contributed by atoms with Gasteiger partial charge in [-0.1, -0.05) is 32.9 Å². The van der Waals surface area contributed by atoms with Gasteiger partial charge in [-0.05, 0) is 17.5 Å². The summed E-state index contributed by atoms with van der Waals surface area (Å²) in [6.07, 6.45) is 0.415. The average Bonchev–Trinajstić information content (AvgIpc) is 2.41. The SMILES string of the molecule is CC(C)(C)CC(=O)NCCn1c(=O)c(=O)[nH]c2ccccc21. The Morgan fingerprint density at radius 1 is 1.23 bits per heavy atom. The monoisotopic (exact) mass is 303 g/mol. The highest BCUT2D eigenvalue weighted by molar-refractivity contribution is 5.76. The molecule has 6 heteroatoms. The number of carbonyl (C=O) groups is 1. The van der Waals surface area contributed by atoms with E-state index < -0.39 is 11.1 Å². The second-order valence-electron chi connectivity index (χ2n) is 6.52. The standard InChI is InChI=1S/C16H21N3O3/c1-16(2,3)10-13(20)17-8-9-19-12-7-5-4-6-11(12)18-14(21)15(19)22/h4-7H,8-10H2,1-3H3,(H,17,20)(H,18,21). The third kappa shape index (κ3) is 3.84. The van der Waals surface area contributed by atoms with Crippen LogP contribution in [0.25, 0.3) is 11.0 Å². The zero-order chi connectivity index (χ0) is 16.3. The van der Waals surface area contributed by atoms with Gasteiger partial charge in [0.15, 0.2) is 0 Å². The van der Waals surface area contributed by atoms with Gasteiger partial charge >= 0.3 is 11.1 Å². The first-order chi connectivity index (χ1) is 10.3. The fraction of sp³-hybridized carbons (Fsp3) is 0.438. The zero-order valence-corrected chi connectivity index (χ0v) is 13.1. The van der Waals surface area contributed by atoms with Gasteiger partial charge in [0.2, 0.25) is 5.91 Å². The molecule has 0 fully saturated rings. The second kappa shape index (κ2) is 6.17. The molecule has 0 atom stereocenters. The van der Waals surface area contributed by atoms with Crippen molar-refractivity contribution >= 4 is 16.9 Å². The van der Waals surface area contributed by atoms with Gasteiger partial charge in [-0.15, -0.1) is 0 Å². The van der Waals surface area contributed by atoms with Crippen LogP contribution in [0.15, 0.2) is 33.9 Å². The Hall–Kier alpha value is -2.37. The summed E-state index contributed by atoms with van der Waals surface area (Å²) in [5, 5.41) is 2.79. The van der Waals surface area contributed by atoms with Crippen LogP contribution in [0.1, 0.15) is 27.2 Å². The van der Waals surface area contributed by atoms with Crippen molar-refractivity contribution in [3.8, 4) is 0 Å². The Morgan fingerprint density at radius 3 is 2.59 bits per heavy atom. The molecule has 0 radical (unpaired) electrons. The molecule has 0 spiro atoms. The molecule has 2 aromatic rings. The lowest BCUT2D eigenvalue weighted by atomic mass is 9.92. The molecule has 118 valence electrons. The minimum absolute atomic E-state index is 0.0605. The molecule has 1 amide bonds. The van der Waals surface area contributed by atoms with Crippen molar-refractivity contribution < 1.29 is 4.79 Å². The van der Waals surface area contributed by atoms with Crippen LogP contribution in [0, 0.1) is 5.41 Å². The average molecular weight is 303 g/mol. The topological polar surface area (TPSA) is 84.0 Å². The van der Waals surface area contributed by atoms with E-state index in [-0.39, 0.29) is 17.9 Å². The largest absolute Gasteiger partial charge is 0.354 e. The van der Waals surface area contributed by atoms with Crippen molar-refractivity contribution in [2.24, 2.45) is 5.41 Å². The highest BCUT2D eigenvalue weighted by Crippen LogP contribution is 2.17. The van der Waals surface area contributed by atoms with Crippen LogP contribution >= 0.6 is 0 Å². The first-order valence-corrected chi connectivity index (χ1v) is 7.26. The number of hydrogen-bond donors (Lipinski definition) is 2. The molecule has 0 aliphatic carbocycles. The zero-order valence-electron chi connectivity index (χ0n) is 13.1.